The minimum atomic E-state index is 0.624. The molecule has 0 atom stereocenters. The van der Waals surface area contributed by atoms with Crippen LogP contribution in [0.4, 0.5) is 5.82 Å². The fourth-order valence-corrected chi connectivity index (χ4v) is 2.57. The average molecular weight is 277 g/mol. The first-order valence-corrected chi connectivity index (χ1v) is 7.51. The minimum Gasteiger partial charge on any atom is -0.355 e. The van der Waals surface area contributed by atoms with E-state index < -0.39 is 0 Å². The second-order valence-corrected chi connectivity index (χ2v) is 6.19. The molecule has 5 nitrogen and oxygen atoms in total. The van der Waals surface area contributed by atoms with Crippen molar-refractivity contribution in [1.82, 2.24) is 20.2 Å². The number of aromatic nitrogens is 2. The lowest BCUT2D eigenvalue weighted by Crippen LogP contribution is -2.37. The van der Waals surface area contributed by atoms with Crippen molar-refractivity contribution >= 4 is 5.82 Å². The molecule has 0 aromatic carbocycles. The number of rotatable bonds is 6. The van der Waals surface area contributed by atoms with E-state index in [1.165, 1.54) is 11.3 Å². The van der Waals surface area contributed by atoms with Crippen molar-refractivity contribution in [2.24, 2.45) is 5.92 Å². The lowest BCUT2D eigenvalue weighted by atomic mass is 10.1. The summed E-state index contributed by atoms with van der Waals surface area (Å²) in [5, 5.41) is 3.44. The van der Waals surface area contributed by atoms with Gasteiger partial charge in [0.2, 0.25) is 0 Å². The summed E-state index contributed by atoms with van der Waals surface area (Å²) in [6.07, 6.45) is 2.73. The predicted molar refractivity (Wildman–Crippen MR) is 83.0 cm³/mol. The van der Waals surface area contributed by atoms with Crippen molar-refractivity contribution in [1.29, 1.82) is 0 Å². The largest absolute Gasteiger partial charge is 0.355 e. The molecule has 1 N–H and O–H groups in total. The van der Waals surface area contributed by atoms with Gasteiger partial charge in [-0.15, -0.1) is 0 Å². The van der Waals surface area contributed by atoms with E-state index in [-0.39, 0.29) is 0 Å². The number of nitrogens with zero attached hydrogens (tertiary/aromatic N) is 4. The smallest absolute Gasteiger partial charge is 0.136 e. The van der Waals surface area contributed by atoms with Crippen LogP contribution in [0.1, 0.15) is 25.1 Å². The third-order valence-electron chi connectivity index (χ3n) is 3.55. The van der Waals surface area contributed by atoms with Crippen LogP contribution in [0.5, 0.6) is 0 Å². The molecule has 112 valence electrons. The molecule has 0 amide bonds. The van der Waals surface area contributed by atoms with Gasteiger partial charge in [-0.2, -0.15) is 0 Å². The molecular weight excluding hydrogens is 250 g/mol. The van der Waals surface area contributed by atoms with E-state index in [2.05, 4.69) is 53.0 Å². The topological polar surface area (TPSA) is 44.3 Å². The molecule has 0 bridgehead atoms. The lowest BCUT2D eigenvalue weighted by Gasteiger charge is -2.30. The summed E-state index contributed by atoms with van der Waals surface area (Å²) in [5.74, 6) is 1.75. The van der Waals surface area contributed by atoms with E-state index >= 15 is 0 Å². The van der Waals surface area contributed by atoms with Crippen molar-refractivity contribution in [3.8, 4) is 0 Å². The van der Waals surface area contributed by atoms with E-state index in [4.69, 9.17) is 0 Å². The summed E-state index contributed by atoms with van der Waals surface area (Å²) >= 11 is 0. The van der Waals surface area contributed by atoms with Crippen molar-refractivity contribution in [3.05, 3.63) is 17.6 Å². The maximum Gasteiger partial charge on any atom is 0.136 e. The molecule has 2 heterocycles. The van der Waals surface area contributed by atoms with Gasteiger partial charge in [0.05, 0.1) is 5.69 Å². The fraction of sp³-hybridized carbons (Fsp3) is 0.733. The normalized spacial score (nSPS) is 14.7. The number of hydrogen-bond acceptors (Lipinski definition) is 5. The monoisotopic (exact) mass is 277 g/mol. The average Bonchev–Trinajstić information content (AvgIpc) is 2.42. The van der Waals surface area contributed by atoms with Crippen LogP contribution < -0.4 is 10.2 Å². The summed E-state index contributed by atoms with van der Waals surface area (Å²) in [7, 11) is 4.23. The summed E-state index contributed by atoms with van der Waals surface area (Å²) in [6.45, 7) is 9.52. The zero-order valence-electron chi connectivity index (χ0n) is 13.2. The van der Waals surface area contributed by atoms with Gasteiger partial charge in [-0.25, -0.2) is 9.97 Å². The second-order valence-electron chi connectivity index (χ2n) is 6.19. The fourth-order valence-electron chi connectivity index (χ4n) is 2.57. The van der Waals surface area contributed by atoms with Gasteiger partial charge in [-0.05, 0) is 20.0 Å². The van der Waals surface area contributed by atoms with E-state index in [1.807, 2.05) is 0 Å². The lowest BCUT2D eigenvalue weighted by molar-refractivity contribution is 0.407. The SMILES string of the molecule is CC(C)CN(CCN(C)C)c1ncnc2c1CNCC2. The third-order valence-corrected chi connectivity index (χ3v) is 3.55. The molecule has 1 aliphatic rings. The third kappa shape index (κ3) is 3.90. The van der Waals surface area contributed by atoms with E-state index in [9.17, 15) is 0 Å². The van der Waals surface area contributed by atoms with Crippen LogP contribution in [0.3, 0.4) is 0 Å². The van der Waals surface area contributed by atoms with Crippen molar-refractivity contribution in [3.63, 3.8) is 0 Å². The highest BCUT2D eigenvalue weighted by Crippen LogP contribution is 2.23. The Morgan fingerprint density at radius 2 is 2.05 bits per heavy atom. The van der Waals surface area contributed by atoms with Crippen LogP contribution in [0.25, 0.3) is 0 Å². The Morgan fingerprint density at radius 1 is 1.25 bits per heavy atom. The van der Waals surface area contributed by atoms with E-state index in [1.54, 1.807) is 6.33 Å². The number of hydrogen-bond donors (Lipinski definition) is 1. The van der Waals surface area contributed by atoms with E-state index in [0.29, 0.717) is 5.92 Å². The molecule has 0 fully saturated rings. The summed E-state index contributed by atoms with van der Waals surface area (Å²) in [6, 6.07) is 0. The molecule has 1 aromatic rings. The Bertz CT molecular complexity index is 430. The second kappa shape index (κ2) is 6.99. The summed E-state index contributed by atoms with van der Waals surface area (Å²) < 4.78 is 0. The Hall–Kier alpha value is -1.20. The van der Waals surface area contributed by atoms with Crippen molar-refractivity contribution in [2.75, 3.05) is 45.2 Å². The van der Waals surface area contributed by atoms with Crippen LogP contribution in [0.2, 0.25) is 0 Å². The molecule has 0 saturated heterocycles. The van der Waals surface area contributed by atoms with E-state index in [0.717, 1.165) is 45.0 Å². The predicted octanol–water partition coefficient (Wildman–Crippen LogP) is 1.15. The van der Waals surface area contributed by atoms with Crippen molar-refractivity contribution < 1.29 is 0 Å². The Morgan fingerprint density at radius 3 is 2.75 bits per heavy atom. The number of anilines is 1. The molecule has 0 spiro atoms. The minimum absolute atomic E-state index is 0.624. The maximum absolute atomic E-state index is 4.58. The van der Waals surface area contributed by atoms with Gasteiger partial charge in [-0.1, -0.05) is 13.8 Å². The molecule has 5 heteroatoms. The van der Waals surface area contributed by atoms with Crippen LogP contribution >= 0.6 is 0 Å². The number of nitrogens with one attached hydrogen (secondary N) is 1. The number of fused-ring (bicyclic) bond motifs is 1. The molecule has 0 radical (unpaired) electrons. The molecule has 20 heavy (non-hydrogen) atoms. The van der Waals surface area contributed by atoms with Gasteiger partial charge in [0, 0.05) is 44.7 Å². The summed E-state index contributed by atoms with van der Waals surface area (Å²) in [4.78, 5) is 13.7. The van der Waals surface area contributed by atoms with Crippen LogP contribution in [-0.2, 0) is 13.0 Å². The highest BCUT2D eigenvalue weighted by molar-refractivity contribution is 5.49. The van der Waals surface area contributed by atoms with Gasteiger partial charge in [0.25, 0.3) is 0 Å². The zero-order valence-corrected chi connectivity index (χ0v) is 13.2. The van der Waals surface area contributed by atoms with Gasteiger partial charge >= 0.3 is 0 Å². The standard InChI is InChI=1S/C15H27N5/c1-12(2)10-20(8-7-19(3)4)15-13-9-16-6-5-14(13)17-11-18-15/h11-12,16H,5-10H2,1-4H3. The Labute approximate surface area is 122 Å². The Balaban J connectivity index is 2.23. The maximum atomic E-state index is 4.58. The highest BCUT2D eigenvalue weighted by Gasteiger charge is 2.20. The molecule has 1 aliphatic heterocycles. The molecular formula is C15H27N5. The molecule has 1 aromatic heterocycles. The molecule has 0 aliphatic carbocycles. The summed E-state index contributed by atoms with van der Waals surface area (Å²) in [5.41, 5.74) is 2.51. The van der Waals surface area contributed by atoms with Gasteiger partial charge in [0.15, 0.2) is 0 Å². The molecule has 0 saturated carbocycles. The highest BCUT2D eigenvalue weighted by atomic mass is 15.2. The number of likely N-dealkylation sites (N-methyl/N-ethyl adjacent to an activating group) is 1. The van der Waals surface area contributed by atoms with Crippen LogP contribution in [0.15, 0.2) is 6.33 Å². The Kier molecular flexibility index (Phi) is 5.31. The first-order chi connectivity index (χ1) is 9.58. The first kappa shape index (κ1) is 15.2. The van der Waals surface area contributed by atoms with Gasteiger partial charge in [-0.3, -0.25) is 0 Å². The van der Waals surface area contributed by atoms with Gasteiger partial charge in [0.1, 0.15) is 12.1 Å². The first-order valence-electron chi connectivity index (χ1n) is 7.51. The van der Waals surface area contributed by atoms with Crippen LogP contribution in [0, 0.1) is 5.92 Å². The van der Waals surface area contributed by atoms with Crippen LogP contribution in [-0.4, -0.2) is 55.1 Å². The quantitative estimate of drug-likeness (QED) is 0.845. The molecule has 2 rings (SSSR count). The van der Waals surface area contributed by atoms with Crippen molar-refractivity contribution in [2.45, 2.75) is 26.8 Å². The molecule has 0 unspecified atom stereocenters. The zero-order chi connectivity index (χ0) is 14.5. The van der Waals surface area contributed by atoms with Gasteiger partial charge < -0.3 is 15.1 Å².